The average Bonchev–Trinajstić information content (AvgIpc) is 2.50. The van der Waals surface area contributed by atoms with Crippen molar-refractivity contribution < 1.29 is 4.74 Å². The highest BCUT2D eigenvalue weighted by atomic mass is 79.9. The third-order valence-corrected chi connectivity index (χ3v) is 4.69. The topological polar surface area (TPSA) is 34.2 Å². The third-order valence-electron chi connectivity index (χ3n) is 4.26. The monoisotopic (exact) mass is 354 g/mol. The maximum atomic E-state index is 6.30. The molecule has 3 nitrogen and oxygen atoms in total. The van der Waals surface area contributed by atoms with Crippen molar-refractivity contribution in [3.8, 4) is 5.88 Å². The molecule has 0 aromatic carbocycles. The van der Waals surface area contributed by atoms with Crippen molar-refractivity contribution in [3.63, 3.8) is 0 Å². The van der Waals surface area contributed by atoms with E-state index in [1.807, 2.05) is 6.20 Å². The Balaban J connectivity index is 2.06. The molecular formula is C17H27BrN2O. The van der Waals surface area contributed by atoms with Gasteiger partial charge in [-0.1, -0.05) is 20.3 Å². The summed E-state index contributed by atoms with van der Waals surface area (Å²) in [6.07, 6.45) is 9.59. The lowest BCUT2D eigenvalue weighted by Gasteiger charge is -2.31. The van der Waals surface area contributed by atoms with E-state index in [1.165, 1.54) is 25.7 Å². The van der Waals surface area contributed by atoms with Crippen LogP contribution in [-0.4, -0.2) is 17.6 Å². The molecule has 4 heteroatoms. The van der Waals surface area contributed by atoms with Crippen LogP contribution in [0.5, 0.6) is 5.88 Å². The molecule has 1 heterocycles. The highest BCUT2D eigenvalue weighted by Crippen LogP contribution is 2.31. The third kappa shape index (κ3) is 4.96. The van der Waals surface area contributed by atoms with Crippen molar-refractivity contribution in [1.82, 2.24) is 10.3 Å². The minimum atomic E-state index is 0.336. The second-order valence-electron chi connectivity index (χ2n) is 5.90. The Bertz CT molecular complexity index is 439. The molecule has 1 aromatic rings. The summed E-state index contributed by atoms with van der Waals surface area (Å²) in [4.78, 5) is 4.51. The van der Waals surface area contributed by atoms with E-state index in [-0.39, 0.29) is 0 Å². The first-order chi connectivity index (χ1) is 10.2. The molecule has 1 aromatic heterocycles. The summed E-state index contributed by atoms with van der Waals surface area (Å²) < 4.78 is 7.32. The fourth-order valence-electron chi connectivity index (χ4n) is 3.04. The smallest absolute Gasteiger partial charge is 0.218 e. The quantitative estimate of drug-likeness (QED) is 0.721. The fraction of sp³-hybridized carbons (Fsp3) is 0.706. The van der Waals surface area contributed by atoms with Crippen LogP contribution in [0, 0.1) is 5.92 Å². The summed E-state index contributed by atoms with van der Waals surface area (Å²) in [5.74, 6) is 1.49. The van der Waals surface area contributed by atoms with E-state index in [4.69, 9.17) is 4.74 Å². The normalized spacial score (nSPS) is 22.2. The molecule has 1 aliphatic rings. The second kappa shape index (κ2) is 8.74. The fourth-order valence-corrected chi connectivity index (χ4v) is 3.42. The van der Waals surface area contributed by atoms with E-state index < -0.39 is 0 Å². The Labute approximate surface area is 137 Å². The number of pyridine rings is 1. The van der Waals surface area contributed by atoms with E-state index in [9.17, 15) is 0 Å². The summed E-state index contributed by atoms with van der Waals surface area (Å²) in [5.41, 5.74) is 1.15. The van der Waals surface area contributed by atoms with Crippen molar-refractivity contribution in [3.05, 3.63) is 22.3 Å². The summed E-state index contributed by atoms with van der Waals surface area (Å²) >= 11 is 3.51. The molecule has 0 aliphatic heterocycles. The first kappa shape index (κ1) is 16.8. The van der Waals surface area contributed by atoms with E-state index in [0.29, 0.717) is 12.0 Å². The van der Waals surface area contributed by atoms with Gasteiger partial charge in [0.25, 0.3) is 0 Å². The number of aromatic nitrogens is 1. The molecule has 0 radical (unpaired) electrons. The van der Waals surface area contributed by atoms with Crippen LogP contribution in [0.15, 0.2) is 16.7 Å². The molecule has 2 unspecified atom stereocenters. The number of rotatable bonds is 7. The second-order valence-corrected chi connectivity index (χ2v) is 6.82. The highest BCUT2D eigenvalue weighted by molar-refractivity contribution is 9.10. The summed E-state index contributed by atoms with van der Waals surface area (Å²) in [6.45, 7) is 6.29. The van der Waals surface area contributed by atoms with Gasteiger partial charge in [0.05, 0.1) is 0 Å². The number of nitrogens with one attached hydrogen (secondary N) is 1. The zero-order chi connectivity index (χ0) is 15.1. The minimum absolute atomic E-state index is 0.336. The zero-order valence-electron chi connectivity index (χ0n) is 13.2. The van der Waals surface area contributed by atoms with Crippen LogP contribution in [0.25, 0.3) is 0 Å². The van der Waals surface area contributed by atoms with Crippen molar-refractivity contribution in [1.29, 1.82) is 0 Å². The van der Waals surface area contributed by atoms with Gasteiger partial charge in [0.1, 0.15) is 6.10 Å². The maximum Gasteiger partial charge on any atom is 0.218 e. The number of hydrogen-bond donors (Lipinski definition) is 1. The van der Waals surface area contributed by atoms with Crippen LogP contribution in [-0.2, 0) is 6.54 Å². The predicted octanol–water partition coefficient (Wildman–Crippen LogP) is 4.69. The Morgan fingerprint density at radius 3 is 2.90 bits per heavy atom. The van der Waals surface area contributed by atoms with E-state index in [1.54, 1.807) is 0 Å². The van der Waals surface area contributed by atoms with Gasteiger partial charge in [0.15, 0.2) is 0 Å². The number of nitrogens with zero attached hydrogens (tertiary/aromatic N) is 1. The van der Waals surface area contributed by atoms with Crippen LogP contribution in [0.1, 0.15) is 57.9 Å². The summed E-state index contributed by atoms with van der Waals surface area (Å²) in [5, 5.41) is 3.44. The lowest BCUT2D eigenvalue weighted by atomic mass is 9.85. The van der Waals surface area contributed by atoms with Gasteiger partial charge in [-0.15, -0.1) is 0 Å². The maximum absolute atomic E-state index is 6.30. The summed E-state index contributed by atoms with van der Waals surface area (Å²) in [7, 11) is 0. The van der Waals surface area contributed by atoms with Gasteiger partial charge < -0.3 is 10.1 Å². The molecule has 1 saturated carbocycles. The molecule has 1 fully saturated rings. The largest absolute Gasteiger partial charge is 0.474 e. The predicted molar refractivity (Wildman–Crippen MR) is 90.6 cm³/mol. The standard InChI is InChI=1S/C17H27BrN2O/c1-3-9-19-11-14-10-15(18)12-20-17(14)21-16-8-6-5-7-13(16)4-2/h10,12-13,16,19H,3-9,11H2,1-2H3. The van der Waals surface area contributed by atoms with Gasteiger partial charge in [-0.3, -0.25) is 0 Å². The van der Waals surface area contributed by atoms with Gasteiger partial charge >= 0.3 is 0 Å². The Hall–Kier alpha value is -0.610. The lowest BCUT2D eigenvalue weighted by Crippen LogP contribution is -2.30. The molecule has 0 bridgehead atoms. The van der Waals surface area contributed by atoms with Crippen molar-refractivity contribution in [2.45, 2.75) is 65.0 Å². The molecule has 118 valence electrons. The molecule has 0 amide bonds. The van der Waals surface area contributed by atoms with Crippen LogP contribution in [0.3, 0.4) is 0 Å². The molecule has 0 saturated heterocycles. The van der Waals surface area contributed by atoms with Gasteiger partial charge in [-0.2, -0.15) is 0 Å². The molecule has 2 atom stereocenters. The van der Waals surface area contributed by atoms with Crippen molar-refractivity contribution in [2.75, 3.05) is 6.54 Å². The lowest BCUT2D eigenvalue weighted by molar-refractivity contribution is 0.0846. The van der Waals surface area contributed by atoms with Crippen molar-refractivity contribution >= 4 is 15.9 Å². The van der Waals surface area contributed by atoms with Crippen LogP contribution in [0.4, 0.5) is 0 Å². The first-order valence-electron chi connectivity index (χ1n) is 8.26. The highest BCUT2D eigenvalue weighted by Gasteiger charge is 2.26. The Kier molecular flexibility index (Phi) is 6.97. The van der Waals surface area contributed by atoms with E-state index in [0.717, 1.165) is 41.8 Å². The SMILES string of the molecule is CCCNCc1cc(Br)cnc1OC1CCCCC1CC. The average molecular weight is 355 g/mol. The van der Waals surface area contributed by atoms with Crippen molar-refractivity contribution in [2.24, 2.45) is 5.92 Å². The number of ether oxygens (including phenoxy) is 1. The first-order valence-corrected chi connectivity index (χ1v) is 9.05. The molecule has 1 N–H and O–H groups in total. The van der Waals surface area contributed by atoms with Gasteiger partial charge in [-0.25, -0.2) is 4.98 Å². The Morgan fingerprint density at radius 1 is 1.33 bits per heavy atom. The Morgan fingerprint density at radius 2 is 2.14 bits per heavy atom. The molecule has 21 heavy (non-hydrogen) atoms. The molecule has 1 aliphatic carbocycles. The van der Waals surface area contributed by atoms with E-state index in [2.05, 4.69) is 46.1 Å². The van der Waals surface area contributed by atoms with Crippen LogP contribution in [0.2, 0.25) is 0 Å². The minimum Gasteiger partial charge on any atom is -0.474 e. The van der Waals surface area contributed by atoms with E-state index >= 15 is 0 Å². The van der Waals surface area contributed by atoms with Gasteiger partial charge in [-0.05, 0) is 66.6 Å². The van der Waals surface area contributed by atoms with Crippen LogP contribution < -0.4 is 10.1 Å². The molecular weight excluding hydrogens is 328 g/mol. The zero-order valence-corrected chi connectivity index (χ0v) is 14.8. The number of halogens is 1. The summed E-state index contributed by atoms with van der Waals surface area (Å²) in [6, 6.07) is 2.12. The van der Waals surface area contributed by atoms with Crippen LogP contribution >= 0.6 is 15.9 Å². The van der Waals surface area contributed by atoms with Gasteiger partial charge in [0, 0.05) is 22.8 Å². The molecule has 0 spiro atoms. The number of hydrogen-bond acceptors (Lipinski definition) is 3. The van der Waals surface area contributed by atoms with Gasteiger partial charge in [0.2, 0.25) is 5.88 Å². The molecule has 2 rings (SSSR count).